The second-order valence-corrected chi connectivity index (χ2v) is 6.50. The first kappa shape index (κ1) is 18.4. The molecule has 1 aliphatic heterocycles. The first-order valence-electron chi connectivity index (χ1n) is 9.35. The van der Waals surface area contributed by atoms with E-state index in [0.717, 1.165) is 22.6 Å². The molecule has 1 heterocycles. The van der Waals surface area contributed by atoms with Gasteiger partial charge in [-0.15, -0.1) is 0 Å². The van der Waals surface area contributed by atoms with Gasteiger partial charge < -0.3 is 4.74 Å². The van der Waals surface area contributed by atoms with Crippen LogP contribution in [-0.2, 0) is 4.79 Å². The fourth-order valence-electron chi connectivity index (χ4n) is 3.11. The van der Waals surface area contributed by atoms with Crippen LogP contribution in [0.5, 0.6) is 5.75 Å². The average Bonchev–Trinajstić information content (AvgIpc) is 3.10. The maximum atomic E-state index is 13.2. The third-order valence-corrected chi connectivity index (χ3v) is 4.46. The Balaban J connectivity index is 1.76. The molecule has 1 amide bonds. The summed E-state index contributed by atoms with van der Waals surface area (Å²) >= 11 is 0. The molecule has 0 atom stereocenters. The quantitative estimate of drug-likeness (QED) is 0.442. The minimum absolute atomic E-state index is 0.160. The van der Waals surface area contributed by atoms with E-state index in [-0.39, 0.29) is 5.91 Å². The molecule has 0 spiro atoms. The van der Waals surface area contributed by atoms with Gasteiger partial charge in [0.15, 0.2) is 0 Å². The van der Waals surface area contributed by atoms with Crippen LogP contribution in [0.1, 0.15) is 11.1 Å². The van der Waals surface area contributed by atoms with Crippen molar-refractivity contribution in [1.29, 1.82) is 0 Å². The summed E-state index contributed by atoms with van der Waals surface area (Å²) in [6.07, 6.45) is 3.56. The van der Waals surface area contributed by atoms with Gasteiger partial charge in [-0.2, -0.15) is 10.1 Å². The summed E-state index contributed by atoms with van der Waals surface area (Å²) in [4.78, 5) is 13.2. The summed E-state index contributed by atoms with van der Waals surface area (Å²) in [6, 6.07) is 26.8. The molecule has 3 aromatic carbocycles. The molecule has 0 aromatic heterocycles. The fraction of sp³-hybridized carbons (Fsp3) is 0.0400. The summed E-state index contributed by atoms with van der Waals surface area (Å²) in [6.45, 7) is 4.10. The van der Waals surface area contributed by atoms with Crippen LogP contribution in [0.15, 0.2) is 108 Å². The lowest BCUT2D eigenvalue weighted by Gasteiger charge is -2.11. The van der Waals surface area contributed by atoms with Crippen LogP contribution in [0.2, 0.25) is 0 Å². The highest BCUT2D eigenvalue weighted by Crippen LogP contribution is 2.28. The number of amides is 1. The van der Waals surface area contributed by atoms with Crippen molar-refractivity contribution in [3.63, 3.8) is 0 Å². The van der Waals surface area contributed by atoms with Gasteiger partial charge in [0.25, 0.3) is 5.91 Å². The summed E-state index contributed by atoms with van der Waals surface area (Å²) in [5.41, 5.74) is 3.69. The average molecular weight is 380 g/mol. The van der Waals surface area contributed by atoms with Gasteiger partial charge in [-0.05, 0) is 35.9 Å². The molecule has 0 fully saturated rings. The van der Waals surface area contributed by atoms with Gasteiger partial charge in [-0.25, -0.2) is 0 Å². The number of nitrogens with zero attached hydrogens (tertiary/aromatic N) is 2. The molecule has 1 aliphatic rings. The van der Waals surface area contributed by atoms with Crippen LogP contribution in [0, 0.1) is 0 Å². The number of anilines is 1. The van der Waals surface area contributed by atoms with Crippen molar-refractivity contribution in [1.82, 2.24) is 0 Å². The number of hydrogen-bond donors (Lipinski definition) is 0. The van der Waals surface area contributed by atoms with Crippen molar-refractivity contribution in [2.75, 3.05) is 11.6 Å². The van der Waals surface area contributed by atoms with Crippen molar-refractivity contribution >= 4 is 23.4 Å². The second kappa shape index (κ2) is 8.40. The molecule has 4 rings (SSSR count). The van der Waals surface area contributed by atoms with Gasteiger partial charge in [0, 0.05) is 5.56 Å². The van der Waals surface area contributed by atoms with Gasteiger partial charge >= 0.3 is 0 Å². The van der Waals surface area contributed by atoms with Crippen LogP contribution in [-0.4, -0.2) is 18.2 Å². The number of para-hydroxylation sites is 1. The maximum absolute atomic E-state index is 13.2. The Morgan fingerprint density at radius 2 is 1.66 bits per heavy atom. The Morgan fingerprint density at radius 3 is 2.38 bits per heavy atom. The Hall–Kier alpha value is -3.92. The molecule has 0 aliphatic carbocycles. The molecule has 0 radical (unpaired) electrons. The van der Waals surface area contributed by atoms with Crippen LogP contribution in [0.3, 0.4) is 0 Å². The van der Waals surface area contributed by atoms with Gasteiger partial charge in [0.1, 0.15) is 18.1 Å². The molecular formula is C25H20N2O2. The Kier molecular flexibility index (Phi) is 5.34. The molecule has 0 bridgehead atoms. The fourth-order valence-corrected chi connectivity index (χ4v) is 3.11. The number of carbonyl (C=O) groups is 1. The standard InChI is InChI=1S/C25H20N2O2/c1-2-16-29-22-15-9-10-19(17-22)18-23-24(20-11-5-3-6-12-20)26-27(25(23)28)21-13-7-4-8-14-21/h2-15,17-18H,1,16H2/b23-18+. The number of ether oxygens (including phenoxy) is 1. The molecule has 4 nitrogen and oxygen atoms in total. The normalized spacial score (nSPS) is 14.8. The number of rotatable bonds is 6. The number of carbonyl (C=O) groups excluding carboxylic acids is 1. The Bertz CT molecular complexity index is 1090. The lowest BCUT2D eigenvalue weighted by Crippen LogP contribution is -2.21. The number of benzene rings is 3. The lowest BCUT2D eigenvalue weighted by molar-refractivity contribution is -0.114. The zero-order valence-corrected chi connectivity index (χ0v) is 15.9. The van der Waals surface area contributed by atoms with E-state index in [0.29, 0.717) is 17.9 Å². The highest BCUT2D eigenvalue weighted by Gasteiger charge is 2.31. The maximum Gasteiger partial charge on any atom is 0.281 e. The topological polar surface area (TPSA) is 41.9 Å². The zero-order chi connectivity index (χ0) is 20.1. The molecule has 29 heavy (non-hydrogen) atoms. The summed E-state index contributed by atoms with van der Waals surface area (Å²) in [5.74, 6) is 0.565. The van der Waals surface area contributed by atoms with E-state index in [1.807, 2.05) is 91.0 Å². The van der Waals surface area contributed by atoms with E-state index >= 15 is 0 Å². The van der Waals surface area contributed by atoms with E-state index in [1.54, 1.807) is 6.08 Å². The molecule has 0 unspecified atom stereocenters. The Labute approximate surface area is 170 Å². The van der Waals surface area contributed by atoms with E-state index in [4.69, 9.17) is 4.74 Å². The molecule has 0 saturated carbocycles. The molecule has 0 N–H and O–H groups in total. The molecule has 142 valence electrons. The van der Waals surface area contributed by atoms with Crippen molar-refractivity contribution < 1.29 is 9.53 Å². The van der Waals surface area contributed by atoms with E-state index in [1.165, 1.54) is 5.01 Å². The minimum Gasteiger partial charge on any atom is -0.490 e. The SMILES string of the molecule is C=CCOc1cccc(/C=C2/C(=O)N(c3ccccc3)N=C2c2ccccc2)c1. The number of hydrazone groups is 1. The lowest BCUT2D eigenvalue weighted by atomic mass is 10.00. The largest absolute Gasteiger partial charge is 0.490 e. The van der Waals surface area contributed by atoms with E-state index in [2.05, 4.69) is 11.7 Å². The van der Waals surface area contributed by atoms with Crippen molar-refractivity contribution in [3.8, 4) is 5.75 Å². The Morgan fingerprint density at radius 1 is 0.931 bits per heavy atom. The number of hydrogen-bond acceptors (Lipinski definition) is 3. The van der Waals surface area contributed by atoms with Crippen LogP contribution in [0.25, 0.3) is 6.08 Å². The van der Waals surface area contributed by atoms with Crippen LogP contribution < -0.4 is 9.75 Å². The van der Waals surface area contributed by atoms with Gasteiger partial charge in [0.2, 0.25) is 0 Å². The first-order chi connectivity index (χ1) is 14.3. The first-order valence-corrected chi connectivity index (χ1v) is 9.35. The van der Waals surface area contributed by atoms with E-state index < -0.39 is 0 Å². The predicted molar refractivity (Wildman–Crippen MR) is 117 cm³/mol. The van der Waals surface area contributed by atoms with Crippen LogP contribution in [0.4, 0.5) is 5.69 Å². The zero-order valence-electron chi connectivity index (χ0n) is 15.9. The smallest absolute Gasteiger partial charge is 0.281 e. The van der Waals surface area contributed by atoms with Gasteiger partial charge in [0.05, 0.1) is 11.3 Å². The molecule has 4 heteroatoms. The minimum atomic E-state index is -0.160. The van der Waals surface area contributed by atoms with Crippen molar-refractivity contribution in [3.05, 3.63) is 114 Å². The molecular weight excluding hydrogens is 360 g/mol. The van der Waals surface area contributed by atoms with E-state index in [9.17, 15) is 4.79 Å². The van der Waals surface area contributed by atoms with Gasteiger partial charge in [-0.3, -0.25) is 4.79 Å². The van der Waals surface area contributed by atoms with Crippen molar-refractivity contribution in [2.45, 2.75) is 0 Å². The second-order valence-electron chi connectivity index (χ2n) is 6.50. The third-order valence-electron chi connectivity index (χ3n) is 4.46. The van der Waals surface area contributed by atoms with Crippen molar-refractivity contribution in [2.24, 2.45) is 5.10 Å². The van der Waals surface area contributed by atoms with Crippen LogP contribution >= 0.6 is 0 Å². The summed E-state index contributed by atoms with van der Waals surface area (Å²) in [7, 11) is 0. The summed E-state index contributed by atoms with van der Waals surface area (Å²) in [5, 5.41) is 6.10. The molecule has 0 saturated heterocycles. The predicted octanol–water partition coefficient (Wildman–Crippen LogP) is 5.09. The monoisotopic (exact) mass is 380 g/mol. The summed E-state index contributed by atoms with van der Waals surface area (Å²) < 4.78 is 5.62. The van der Waals surface area contributed by atoms with Gasteiger partial charge in [-0.1, -0.05) is 73.3 Å². The highest BCUT2D eigenvalue weighted by molar-refractivity contribution is 6.37. The molecule has 3 aromatic rings. The third kappa shape index (κ3) is 4.01. The highest BCUT2D eigenvalue weighted by atomic mass is 16.5.